The van der Waals surface area contributed by atoms with E-state index < -0.39 is 0 Å². The first-order valence-electron chi connectivity index (χ1n) is 7.39. The molecule has 2 aromatic heterocycles. The summed E-state index contributed by atoms with van der Waals surface area (Å²) < 4.78 is 3.79. The summed E-state index contributed by atoms with van der Waals surface area (Å²) in [5.41, 5.74) is 0.727. The molecule has 0 unspecified atom stereocenters. The number of aromatic nitrogens is 4. The summed E-state index contributed by atoms with van der Waals surface area (Å²) >= 11 is 0. The van der Waals surface area contributed by atoms with Gasteiger partial charge in [-0.25, -0.2) is 4.98 Å². The van der Waals surface area contributed by atoms with E-state index >= 15 is 0 Å². The summed E-state index contributed by atoms with van der Waals surface area (Å²) in [6, 6.07) is 4.15. The van der Waals surface area contributed by atoms with Gasteiger partial charge in [-0.15, -0.1) is 0 Å². The van der Waals surface area contributed by atoms with Gasteiger partial charge in [-0.1, -0.05) is 13.8 Å². The molecule has 0 bridgehead atoms. The highest BCUT2D eigenvalue weighted by atomic mass is 16.2. The maximum atomic E-state index is 12.6. The largest absolute Gasteiger partial charge is 0.340 e. The van der Waals surface area contributed by atoms with Crippen LogP contribution < -0.4 is 5.32 Å². The molecular formula is C15H21N5O. The number of hydrogen-bond acceptors (Lipinski definition) is 3. The summed E-state index contributed by atoms with van der Waals surface area (Å²) in [5, 5.41) is 7.20. The number of nitrogens with zero attached hydrogens (tertiary/aromatic N) is 4. The second-order valence-electron chi connectivity index (χ2n) is 5.97. The minimum Gasteiger partial charge on any atom is -0.340 e. The minimum absolute atomic E-state index is 0.0476. The van der Waals surface area contributed by atoms with Gasteiger partial charge in [0.25, 0.3) is 5.91 Å². The SMILES string of the molecule is CC(C)[C@@H](NC(=O)c1cccn1C1CC1)c1ncnn1C. The van der Waals surface area contributed by atoms with E-state index in [1.165, 1.54) is 6.33 Å². The Kier molecular flexibility index (Phi) is 3.53. The third kappa shape index (κ3) is 2.70. The van der Waals surface area contributed by atoms with Crippen LogP contribution in [0.4, 0.5) is 0 Å². The third-order valence-corrected chi connectivity index (χ3v) is 3.93. The second-order valence-corrected chi connectivity index (χ2v) is 5.97. The van der Waals surface area contributed by atoms with E-state index in [0.717, 1.165) is 24.4 Å². The summed E-state index contributed by atoms with van der Waals surface area (Å²) in [7, 11) is 1.84. The number of nitrogens with one attached hydrogen (secondary N) is 1. The topological polar surface area (TPSA) is 64.7 Å². The summed E-state index contributed by atoms with van der Waals surface area (Å²) in [6.07, 6.45) is 5.82. The maximum Gasteiger partial charge on any atom is 0.268 e. The first-order valence-corrected chi connectivity index (χ1v) is 7.39. The van der Waals surface area contributed by atoms with Crippen LogP contribution in [0.25, 0.3) is 0 Å². The molecule has 1 aliphatic rings. The normalized spacial score (nSPS) is 16.2. The molecule has 1 N–H and O–H groups in total. The molecule has 21 heavy (non-hydrogen) atoms. The van der Waals surface area contributed by atoms with Crippen molar-refractivity contribution in [2.24, 2.45) is 13.0 Å². The van der Waals surface area contributed by atoms with E-state index in [9.17, 15) is 4.79 Å². The maximum absolute atomic E-state index is 12.6. The van der Waals surface area contributed by atoms with Crippen molar-refractivity contribution < 1.29 is 4.79 Å². The summed E-state index contributed by atoms with van der Waals surface area (Å²) in [4.78, 5) is 16.9. The number of rotatable bonds is 5. The quantitative estimate of drug-likeness (QED) is 0.915. The second kappa shape index (κ2) is 5.35. The van der Waals surface area contributed by atoms with Crippen LogP contribution in [0.3, 0.4) is 0 Å². The first-order chi connectivity index (χ1) is 10.1. The highest BCUT2D eigenvalue weighted by Gasteiger charge is 2.29. The number of amides is 1. The monoisotopic (exact) mass is 287 g/mol. The van der Waals surface area contributed by atoms with Crippen LogP contribution in [0.15, 0.2) is 24.7 Å². The Morgan fingerprint density at radius 1 is 1.43 bits per heavy atom. The van der Waals surface area contributed by atoms with Gasteiger partial charge in [0.1, 0.15) is 17.8 Å². The molecule has 0 aromatic carbocycles. The lowest BCUT2D eigenvalue weighted by Crippen LogP contribution is -2.34. The molecule has 0 radical (unpaired) electrons. The lowest BCUT2D eigenvalue weighted by atomic mass is 10.0. The molecule has 0 saturated heterocycles. The van der Waals surface area contributed by atoms with Gasteiger partial charge in [0.2, 0.25) is 0 Å². The lowest BCUT2D eigenvalue weighted by Gasteiger charge is -2.21. The van der Waals surface area contributed by atoms with Crippen molar-refractivity contribution in [2.45, 2.75) is 38.8 Å². The van der Waals surface area contributed by atoms with Gasteiger partial charge in [0, 0.05) is 19.3 Å². The molecule has 1 fully saturated rings. The van der Waals surface area contributed by atoms with Gasteiger partial charge in [0.15, 0.2) is 0 Å². The van der Waals surface area contributed by atoms with Gasteiger partial charge >= 0.3 is 0 Å². The van der Waals surface area contributed by atoms with Crippen LogP contribution in [-0.2, 0) is 7.05 Å². The van der Waals surface area contributed by atoms with E-state index in [0.29, 0.717) is 6.04 Å². The van der Waals surface area contributed by atoms with Crippen molar-refractivity contribution >= 4 is 5.91 Å². The molecule has 1 saturated carbocycles. The fourth-order valence-electron chi connectivity index (χ4n) is 2.59. The summed E-state index contributed by atoms with van der Waals surface area (Å²) in [6.45, 7) is 4.14. The molecule has 6 heteroatoms. The summed E-state index contributed by atoms with van der Waals surface area (Å²) in [5.74, 6) is 0.970. The molecule has 1 amide bonds. The minimum atomic E-state index is -0.146. The van der Waals surface area contributed by atoms with Crippen molar-refractivity contribution in [3.8, 4) is 0 Å². The van der Waals surface area contributed by atoms with Gasteiger partial charge in [-0.2, -0.15) is 5.10 Å². The Hall–Kier alpha value is -2.11. The average molecular weight is 287 g/mol. The Labute approximate surface area is 124 Å². The van der Waals surface area contributed by atoms with Crippen LogP contribution in [0.2, 0.25) is 0 Å². The van der Waals surface area contributed by atoms with Crippen molar-refractivity contribution in [1.29, 1.82) is 0 Å². The molecule has 6 nitrogen and oxygen atoms in total. The van der Waals surface area contributed by atoms with E-state index in [-0.39, 0.29) is 17.9 Å². The fraction of sp³-hybridized carbons (Fsp3) is 0.533. The molecule has 0 spiro atoms. The number of hydrogen-bond donors (Lipinski definition) is 1. The van der Waals surface area contributed by atoms with Crippen molar-refractivity contribution in [3.05, 3.63) is 36.2 Å². The number of aryl methyl sites for hydroxylation is 1. The van der Waals surface area contributed by atoms with Crippen LogP contribution in [0, 0.1) is 5.92 Å². The first kappa shape index (κ1) is 13.9. The molecule has 2 heterocycles. The Morgan fingerprint density at radius 3 is 2.76 bits per heavy atom. The highest BCUT2D eigenvalue weighted by molar-refractivity contribution is 5.93. The molecule has 112 valence electrons. The molecule has 1 aliphatic carbocycles. The van der Waals surface area contributed by atoms with E-state index in [1.807, 2.05) is 25.4 Å². The zero-order valence-corrected chi connectivity index (χ0v) is 12.7. The predicted molar refractivity (Wildman–Crippen MR) is 78.8 cm³/mol. The van der Waals surface area contributed by atoms with Crippen molar-refractivity contribution in [2.75, 3.05) is 0 Å². The smallest absolute Gasteiger partial charge is 0.268 e. The van der Waals surface area contributed by atoms with E-state index in [4.69, 9.17) is 0 Å². The van der Waals surface area contributed by atoms with E-state index in [2.05, 4.69) is 33.8 Å². The molecule has 1 atom stereocenters. The van der Waals surface area contributed by atoms with E-state index in [1.54, 1.807) is 4.68 Å². The molecule has 2 aromatic rings. The Balaban J connectivity index is 1.81. The molecular weight excluding hydrogens is 266 g/mol. The van der Waals surface area contributed by atoms with Crippen LogP contribution in [-0.4, -0.2) is 25.2 Å². The van der Waals surface area contributed by atoms with Crippen molar-refractivity contribution in [3.63, 3.8) is 0 Å². The standard InChI is InChI=1S/C15H21N5O/c1-10(2)13(14-16-9-17-19(14)3)18-15(21)12-5-4-8-20(12)11-6-7-11/h4-5,8-11,13H,6-7H2,1-3H3,(H,18,21)/t13-/m1/s1. The Bertz CT molecular complexity index is 638. The van der Waals surface area contributed by atoms with Gasteiger partial charge in [-0.3, -0.25) is 9.48 Å². The van der Waals surface area contributed by atoms with Crippen LogP contribution in [0.5, 0.6) is 0 Å². The highest BCUT2D eigenvalue weighted by Crippen LogP contribution is 2.36. The van der Waals surface area contributed by atoms with Crippen molar-refractivity contribution in [1.82, 2.24) is 24.6 Å². The molecule has 3 rings (SSSR count). The zero-order valence-electron chi connectivity index (χ0n) is 12.7. The predicted octanol–water partition coefficient (Wildman–Crippen LogP) is 2.08. The van der Waals surface area contributed by atoms with Gasteiger partial charge in [0.05, 0.1) is 6.04 Å². The lowest BCUT2D eigenvalue weighted by molar-refractivity contribution is 0.0912. The van der Waals surface area contributed by atoms with Crippen LogP contribution in [0.1, 0.15) is 55.1 Å². The number of carbonyl (C=O) groups excluding carboxylic acids is 1. The fourth-order valence-corrected chi connectivity index (χ4v) is 2.59. The van der Waals surface area contributed by atoms with Crippen LogP contribution >= 0.6 is 0 Å². The number of carbonyl (C=O) groups is 1. The zero-order chi connectivity index (χ0) is 15.0. The van der Waals surface area contributed by atoms with Gasteiger partial charge in [-0.05, 0) is 30.9 Å². The van der Waals surface area contributed by atoms with Gasteiger partial charge < -0.3 is 9.88 Å². The Morgan fingerprint density at radius 2 is 2.19 bits per heavy atom. The molecule has 0 aliphatic heterocycles. The average Bonchev–Trinajstić information content (AvgIpc) is 3.01. The third-order valence-electron chi connectivity index (χ3n) is 3.93.